The molecule has 0 spiro atoms. The van der Waals surface area contributed by atoms with Gasteiger partial charge in [-0.15, -0.1) is 0 Å². The van der Waals surface area contributed by atoms with Crippen LogP contribution in [0.5, 0.6) is 0 Å². The van der Waals surface area contributed by atoms with Crippen LogP contribution >= 0.6 is 0 Å². The van der Waals surface area contributed by atoms with Crippen molar-refractivity contribution in [3.63, 3.8) is 0 Å². The van der Waals surface area contributed by atoms with Crippen LogP contribution in [-0.4, -0.2) is 29.7 Å². The molecule has 1 atom stereocenters. The molecule has 0 saturated carbocycles. The monoisotopic (exact) mass is 158 g/mol. The Hall–Kier alpha value is -1.10. The van der Waals surface area contributed by atoms with E-state index in [1.54, 1.807) is 0 Å². The third-order valence-corrected chi connectivity index (χ3v) is 1.57. The number of carboxylic acids is 1. The Morgan fingerprint density at radius 2 is 2.45 bits per heavy atom. The summed E-state index contributed by atoms with van der Waals surface area (Å²) in [7, 11) is 0. The van der Waals surface area contributed by atoms with Gasteiger partial charge in [-0.3, -0.25) is 14.9 Å². The fourth-order valence-electron chi connectivity index (χ4n) is 0.978. The second-order valence-corrected chi connectivity index (χ2v) is 2.41. The summed E-state index contributed by atoms with van der Waals surface area (Å²) in [5, 5.41) is 13.7. The van der Waals surface area contributed by atoms with Crippen LogP contribution in [0.25, 0.3) is 0 Å². The van der Waals surface area contributed by atoms with Gasteiger partial charge in [-0.2, -0.15) is 0 Å². The van der Waals surface area contributed by atoms with Crippen molar-refractivity contribution in [1.82, 2.24) is 10.6 Å². The molecule has 1 fully saturated rings. The van der Waals surface area contributed by atoms with Crippen LogP contribution in [0.1, 0.15) is 12.8 Å². The van der Waals surface area contributed by atoms with Crippen molar-refractivity contribution in [3.05, 3.63) is 0 Å². The van der Waals surface area contributed by atoms with E-state index < -0.39 is 5.97 Å². The van der Waals surface area contributed by atoms with Gasteiger partial charge in [0.1, 0.15) is 0 Å². The maximum Gasteiger partial charge on any atom is 0.303 e. The number of aliphatic carboxylic acids is 1. The van der Waals surface area contributed by atoms with E-state index >= 15 is 0 Å². The average Bonchev–Trinajstić information content (AvgIpc) is 2.31. The van der Waals surface area contributed by atoms with Crippen LogP contribution in [0, 0.1) is 0 Å². The number of nitrogens with one attached hydrogen (secondary N) is 2. The minimum absolute atomic E-state index is 0.0328. The van der Waals surface area contributed by atoms with E-state index in [0.717, 1.165) is 0 Å². The van der Waals surface area contributed by atoms with E-state index in [4.69, 9.17) is 5.11 Å². The predicted molar refractivity (Wildman–Crippen MR) is 36.8 cm³/mol. The Balaban J connectivity index is 2.26. The Morgan fingerprint density at radius 3 is 2.91 bits per heavy atom. The lowest BCUT2D eigenvalue weighted by Gasteiger charge is -2.03. The molecule has 1 aliphatic heterocycles. The summed E-state index contributed by atoms with van der Waals surface area (Å²) in [5.41, 5.74) is 0. The Kier molecular flexibility index (Phi) is 2.43. The molecular formula is C6H10N2O3. The van der Waals surface area contributed by atoms with Crippen LogP contribution in [0.3, 0.4) is 0 Å². The molecule has 0 bridgehead atoms. The molecular weight excluding hydrogens is 148 g/mol. The third-order valence-electron chi connectivity index (χ3n) is 1.57. The summed E-state index contributed by atoms with van der Waals surface area (Å²) in [6.07, 6.45) is 0.395. The van der Waals surface area contributed by atoms with Crippen LogP contribution in [-0.2, 0) is 9.59 Å². The fourth-order valence-corrected chi connectivity index (χ4v) is 0.978. The fraction of sp³-hybridized carbons (Fsp3) is 0.667. The molecule has 1 amide bonds. The molecule has 1 aliphatic rings. The van der Waals surface area contributed by atoms with Crippen molar-refractivity contribution >= 4 is 11.9 Å². The van der Waals surface area contributed by atoms with Crippen LogP contribution in [0.2, 0.25) is 0 Å². The van der Waals surface area contributed by atoms with Gasteiger partial charge < -0.3 is 10.4 Å². The van der Waals surface area contributed by atoms with Crippen LogP contribution in [0.15, 0.2) is 0 Å². The first kappa shape index (κ1) is 8.00. The lowest BCUT2D eigenvalue weighted by molar-refractivity contribution is -0.137. The van der Waals surface area contributed by atoms with Gasteiger partial charge in [-0.25, -0.2) is 0 Å². The minimum Gasteiger partial charge on any atom is -0.481 e. The standard InChI is InChI=1S/C6H10N2O3/c9-5(10)2-1-4-6(11)8-3-7-4/h4,7H,1-3H2,(H,8,11)(H,9,10). The van der Waals surface area contributed by atoms with Gasteiger partial charge >= 0.3 is 5.97 Å². The molecule has 0 aliphatic carbocycles. The maximum absolute atomic E-state index is 10.8. The number of amides is 1. The summed E-state index contributed by atoms with van der Waals surface area (Å²) < 4.78 is 0. The van der Waals surface area contributed by atoms with Gasteiger partial charge in [0.25, 0.3) is 0 Å². The van der Waals surface area contributed by atoms with Gasteiger partial charge in [0.2, 0.25) is 5.91 Å². The molecule has 1 heterocycles. The molecule has 0 radical (unpaired) electrons. The predicted octanol–water partition coefficient (Wildman–Crippen LogP) is -1.10. The number of carbonyl (C=O) groups is 2. The quantitative estimate of drug-likeness (QED) is 0.487. The van der Waals surface area contributed by atoms with E-state index in [0.29, 0.717) is 13.1 Å². The first-order valence-corrected chi connectivity index (χ1v) is 3.43. The van der Waals surface area contributed by atoms with E-state index in [1.165, 1.54) is 0 Å². The Morgan fingerprint density at radius 1 is 1.73 bits per heavy atom. The highest BCUT2D eigenvalue weighted by Gasteiger charge is 2.23. The second-order valence-electron chi connectivity index (χ2n) is 2.41. The van der Waals surface area contributed by atoms with E-state index in [1.807, 2.05) is 0 Å². The lowest BCUT2D eigenvalue weighted by Crippen LogP contribution is -2.28. The highest BCUT2D eigenvalue weighted by Crippen LogP contribution is 2.00. The van der Waals surface area contributed by atoms with Gasteiger partial charge in [-0.1, -0.05) is 0 Å². The van der Waals surface area contributed by atoms with Gasteiger partial charge in [0, 0.05) is 6.42 Å². The summed E-state index contributed by atoms with van der Waals surface area (Å²) in [6, 6.07) is -0.314. The Labute approximate surface area is 63.8 Å². The van der Waals surface area contributed by atoms with Crippen molar-refractivity contribution in [1.29, 1.82) is 0 Å². The van der Waals surface area contributed by atoms with Crippen molar-refractivity contribution in [2.75, 3.05) is 6.67 Å². The highest BCUT2D eigenvalue weighted by molar-refractivity contribution is 5.84. The largest absolute Gasteiger partial charge is 0.481 e. The number of carboxylic acid groups (broad SMARTS) is 1. The smallest absolute Gasteiger partial charge is 0.303 e. The number of rotatable bonds is 3. The molecule has 62 valence electrons. The van der Waals surface area contributed by atoms with Gasteiger partial charge in [0.05, 0.1) is 12.7 Å². The first-order valence-electron chi connectivity index (χ1n) is 3.43. The second kappa shape index (κ2) is 3.34. The molecule has 3 N–H and O–H groups in total. The van der Waals surface area contributed by atoms with E-state index in [2.05, 4.69) is 10.6 Å². The van der Waals surface area contributed by atoms with Crippen LogP contribution < -0.4 is 10.6 Å². The van der Waals surface area contributed by atoms with Crippen molar-refractivity contribution < 1.29 is 14.7 Å². The normalized spacial score (nSPS) is 23.3. The number of hydrogen-bond acceptors (Lipinski definition) is 3. The molecule has 5 nitrogen and oxygen atoms in total. The third kappa shape index (κ3) is 2.19. The Bertz CT molecular complexity index is 181. The van der Waals surface area contributed by atoms with Crippen molar-refractivity contribution in [3.8, 4) is 0 Å². The molecule has 0 aromatic rings. The minimum atomic E-state index is -0.869. The molecule has 0 aromatic carbocycles. The zero-order chi connectivity index (χ0) is 8.27. The first-order chi connectivity index (χ1) is 5.20. The molecule has 1 saturated heterocycles. The average molecular weight is 158 g/mol. The molecule has 0 aromatic heterocycles. The highest BCUT2D eigenvalue weighted by atomic mass is 16.4. The molecule has 1 unspecified atom stereocenters. The molecule has 5 heteroatoms. The van der Waals surface area contributed by atoms with E-state index in [-0.39, 0.29) is 18.4 Å². The summed E-state index contributed by atoms with van der Waals surface area (Å²) >= 11 is 0. The number of carbonyl (C=O) groups excluding carboxylic acids is 1. The maximum atomic E-state index is 10.8. The SMILES string of the molecule is O=C(O)CCC1NCNC1=O. The van der Waals surface area contributed by atoms with Crippen molar-refractivity contribution in [2.24, 2.45) is 0 Å². The lowest BCUT2D eigenvalue weighted by atomic mass is 10.1. The molecule has 11 heavy (non-hydrogen) atoms. The summed E-state index contributed by atoms with van der Waals surface area (Å²) in [5.74, 6) is -0.974. The number of hydrogen-bond donors (Lipinski definition) is 3. The zero-order valence-electron chi connectivity index (χ0n) is 5.96. The molecule has 1 rings (SSSR count). The van der Waals surface area contributed by atoms with Gasteiger partial charge in [-0.05, 0) is 6.42 Å². The topological polar surface area (TPSA) is 78.4 Å². The van der Waals surface area contributed by atoms with Gasteiger partial charge in [0.15, 0.2) is 0 Å². The van der Waals surface area contributed by atoms with Crippen molar-refractivity contribution in [2.45, 2.75) is 18.9 Å². The summed E-state index contributed by atoms with van der Waals surface area (Å²) in [4.78, 5) is 20.9. The summed E-state index contributed by atoms with van der Waals surface area (Å²) in [6.45, 7) is 0.448. The van der Waals surface area contributed by atoms with E-state index in [9.17, 15) is 9.59 Å². The zero-order valence-corrected chi connectivity index (χ0v) is 5.96. The van der Waals surface area contributed by atoms with Crippen LogP contribution in [0.4, 0.5) is 0 Å².